The standard InChI is InChI=1S/C14H28ClNO/c1-3-4-5-6-7-8-9-16-11-14(10-15)17-12-13(16)2/h13-14H,3-12H2,1-2H3. The Morgan fingerprint density at radius 3 is 2.59 bits per heavy atom. The Morgan fingerprint density at radius 1 is 1.18 bits per heavy atom. The van der Waals surface area contributed by atoms with Gasteiger partial charge in [-0.2, -0.15) is 0 Å². The highest BCUT2D eigenvalue weighted by Gasteiger charge is 2.24. The van der Waals surface area contributed by atoms with Crippen molar-refractivity contribution < 1.29 is 4.74 Å². The van der Waals surface area contributed by atoms with Gasteiger partial charge in [0.25, 0.3) is 0 Å². The van der Waals surface area contributed by atoms with Gasteiger partial charge in [-0.1, -0.05) is 39.0 Å². The van der Waals surface area contributed by atoms with Crippen molar-refractivity contribution in [1.82, 2.24) is 4.90 Å². The highest BCUT2D eigenvalue weighted by atomic mass is 35.5. The molecule has 0 amide bonds. The SMILES string of the molecule is CCCCCCCCN1CC(CCl)OCC1C. The van der Waals surface area contributed by atoms with Crippen molar-refractivity contribution in [2.75, 3.05) is 25.6 Å². The van der Waals surface area contributed by atoms with E-state index in [2.05, 4.69) is 18.7 Å². The summed E-state index contributed by atoms with van der Waals surface area (Å²) in [5.41, 5.74) is 0. The number of hydrogen-bond acceptors (Lipinski definition) is 2. The number of morpholine rings is 1. The molecule has 0 saturated carbocycles. The monoisotopic (exact) mass is 261 g/mol. The zero-order valence-corrected chi connectivity index (χ0v) is 12.2. The number of unbranched alkanes of at least 4 members (excludes halogenated alkanes) is 5. The fraction of sp³-hybridized carbons (Fsp3) is 1.00. The minimum Gasteiger partial charge on any atom is -0.374 e. The van der Waals surface area contributed by atoms with E-state index in [0.717, 1.165) is 13.2 Å². The lowest BCUT2D eigenvalue weighted by atomic mass is 10.1. The lowest BCUT2D eigenvalue weighted by molar-refractivity contribution is -0.0480. The number of hydrogen-bond donors (Lipinski definition) is 0. The van der Waals surface area contributed by atoms with Gasteiger partial charge < -0.3 is 4.74 Å². The first-order chi connectivity index (χ1) is 8.27. The van der Waals surface area contributed by atoms with Crippen molar-refractivity contribution >= 4 is 11.6 Å². The van der Waals surface area contributed by atoms with Crippen molar-refractivity contribution in [2.24, 2.45) is 0 Å². The molecule has 1 saturated heterocycles. The number of ether oxygens (including phenoxy) is 1. The third-order valence-corrected chi connectivity index (χ3v) is 3.95. The lowest BCUT2D eigenvalue weighted by Crippen LogP contribution is -2.49. The molecule has 0 N–H and O–H groups in total. The normalized spacial score (nSPS) is 26.3. The Kier molecular flexibility index (Phi) is 8.25. The molecule has 0 aromatic heterocycles. The fourth-order valence-electron chi connectivity index (χ4n) is 2.38. The van der Waals surface area contributed by atoms with Crippen LogP contribution >= 0.6 is 11.6 Å². The first kappa shape index (κ1) is 15.3. The van der Waals surface area contributed by atoms with E-state index in [1.54, 1.807) is 0 Å². The topological polar surface area (TPSA) is 12.5 Å². The summed E-state index contributed by atoms with van der Waals surface area (Å²) in [5.74, 6) is 0.625. The summed E-state index contributed by atoms with van der Waals surface area (Å²) in [5, 5.41) is 0. The first-order valence-corrected chi connectivity index (χ1v) is 7.73. The number of rotatable bonds is 8. The van der Waals surface area contributed by atoms with Crippen LogP contribution in [0.5, 0.6) is 0 Å². The molecular formula is C14H28ClNO. The first-order valence-electron chi connectivity index (χ1n) is 7.19. The number of alkyl halides is 1. The quantitative estimate of drug-likeness (QED) is 0.488. The summed E-state index contributed by atoms with van der Waals surface area (Å²) in [6.45, 7) is 7.58. The van der Waals surface area contributed by atoms with E-state index >= 15 is 0 Å². The third kappa shape index (κ3) is 6.08. The van der Waals surface area contributed by atoms with E-state index in [4.69, 9.17) is 16.3 Å². The van der Waals surface area contributed by atoms with E-state index < -0.39 is 0 Å². The van der Waals surface area contributed by atoms with Crippen LogP contribution in [0.3, 0.4) is 0 Å². The van der Waals surface area contributed by atoms with E-state index in [1.165, 1.54) is 45.1 Å². The van der Waals surface area contributed by atoms with Gasteiger partial charge in [-0.05, 0) is 19.9 Å². The minimum atomic E-state index is 0.243. The highest BCUT2D eigenvalue weighted by molar-refractivity contribution is 6.18. The molecule has 0 aromatic rings. The second-order valence-electron chi connectivity index (χ2n) is 5.22. The van der Waals surface area contributed by atoms with Crippen molar-refractivity contribution in [3.05, 3.63) is 0 Å². The molecule has 2 nitrogen and oxygen atoms in total. The third-order valence-electron chi connectivity index (χ3n) is 3.61. The maximum absolute atomic E-state index is 5.86. The van der Waals surface area contributed by atoms with Crippen LogP contribution in [0.15, 0.2) is 0 Å². The summed E-state index contributed by atoms with van der Waals surface area (Å²) in [7, 11) is 0. The van der Waals surface area contributed by atoms with Crippen molar-refractivity contribution in [2.45, 2.75) is 64.5 Å². The van der Waals surface area contributed by atoms with E-state index in [0.29, 0.717) is 11.9 Å². The maximum Gasteiger partial charge on any atom is 0.0837 e. The maximum atomic E-state index is 5.86. The van der Waals surface area contributed by atoms with Gasteiger partial charge in [0.15, 0.2) is 0 Å². The molecule has 0 aliphatic carbocycles. The predicted octanol–water partition coefficient (Wildman–Crippen LogP) is 3.68. The summed E-state index contributed by atoms with van der Waals surface area (Å²) >= 11 is 5.86. The zero-order valence-electron chi connectivity index (χ0n) is 11.5. The molecule has 0 bridgehead atoms. The molecule has 1 heterocycles. The molecule has 17 heavy (non-hydrogen) atoms. The molecule has 0 spiro atoms. The van der Waals surface area contributed by atoms with Gasteiger partial charge in [0, 0.05) is 18.5 Å². The molecule has 2 unspecified atom stereocenters. The Labute approximate surface area is 112 Å². The van der Waals surface area contributed by atoms with Crippen LogP contribution in [0.4, 0.5) is 0 Å². The molecular weight excluding hydrogens is 234 g/mol. The molecule has 1 aliphatic rings. The number of nitrogens with zero attached hydrogens (tertiary/aromatic N) is 1. The molecule has 3 heteroatoms. The van der Waals surface area contributed by atoms with Gasteiger partial charge in [0.05, 0.1) is 12.7 Å². The van der Waals surface area contributed by atoms with E-state index in [-0.39, 0.29) is 6.10 Å². The van der Waals surface area contributed by atoms with Crippen LogP contribution in [0, 0.1) is 0 Å². The van der Waals surface area contributed by atoms with Gasteiger partial charge in [0.1, 0.15) is 0 Å². The average molecular weight is 262 g/mol. The smallest absolute Gasteiger partial charge is 0.0837 e. The number of halogens is 1. The van der Waals surface area contributed by atoms with Crippen LogP contribution in [0.1, 0.15) is 52.4 Å². The van der Waals surface area contributed by atoms with Crippen LogP contribution < -0.4 is 0 Å². The van der Waals surface area contributed by atoms with Gasteiger partial charge >= 0.3 is 0 Å². The minimum absolute atomic E-state index is 0.243. The second-order valence-corrected chi connectivity index (χ2v) is 5.53. The van der Waals surface area contributed by atoms with Crippen LogP contribution in [-0.2, 0) is 4.74 Å². The molecule has 2 atom stereocenters. The Bertz CT molecular complexity index is 189. The lowest BCUT2D eigenvalue weighted by Gasteiger charge is -2.37. The van der Waals surface area contributed by atoms with Gasteiger partial charge in [-0.25, -0.2) is 0 Å². The van der Waals surface area contributed by atoms with Crippen LogP contribution in [0.2, 0.25) is 0 Å². The molecule has 0 radical (unpaired) electrons. The van der Waals surface area contributed by atoms with Crippen molar-refractivity contribution in [1.29, 1.82) is 0 Å². The Balaban J connectivity index is 2.07. The molecule has 102 valence electrons. The molecule has 0 aromatic carbocycles. The van der Waals surface area contributed by atoms with Gasteiger partial charge in [-0.15, -0.1) is 11.6 Å². The van der Waals surface area contributed by atoms with E-state index in [1.807, 2.05) is 0 Å². The summed E-state index contributed by atoms with van der Waals surface area (Å²) < 4.78 is 5.66. The fourth-order valence-corrected chi connectivity index (χ4v) is 2.56. The Hall–Kier alpha value is 0.210. The van der Waals surface area contributed by atoms with E-state index in [9.17, 15) is 0 Å². The molecule has 1 fully saturated rings. The molecule has 1 aliphatic heterocycles. The summed E-state index contributed by atoms with van der Waals surface area (Å²) in [4.78, 5) is 2.54. The second kappa shape index (κ2) is 9.18. The summed E-state index contributed by atoms with van der Waals surface area (Å²) in [6, 6.07) is 0.560. The van der Waals surface area contributed by atoms with Crippen LogP contribution in [0.25, 0.3) is 0 Å². The van der Waals surface area contributed by atoms with Gasteiger partial charge in [-0.3, -0.25) is 4.90 Å². The highest BCUT2D eigenvalue weighted by Crippen LogP contribution is 2.14. The largest absolute Gasteiger partial charge is 0.374 e. The van der Waals surface area contributed by atoms with Crippen LogP contribution in [-0.4, -0.2) is 42.6 Å². The zero-order chi connectivity index (χ0) is 12.5. The van der Waals surface area contributed by atoms with Crippen molar-refractivity contribution in [3.8, 4) is 0 Å². The van der Waals surface area contributed by atoms with Gasteiger partial charge in [0.2, 0.25) is 0 Å². The summed E-state index contributed by atoms with van der Waals surface area (Å²) in [6.07, 6.45) is 8.46. The average Bonchev–Trinajstić information content (AvgIpc) is 2.35. The predicted molar refractivity (Wildman–Crippen MR) is 74.9 cm³/mol. The van der Waals surface area contributed by atoms with Crippen molar-refractivity contribution in [3.63, 3.8) is 0 Å². The molecule has 1 rings (SSSR count). The Morgan fingerprint density at radius 2 is 1.88 bits per heavy atom.